The highest BCUT2D eigenvalue weighted by atomic mass is 32.1. The van der Waals surface area contributed by atoms with Crippen molar-refractivity contribution in [1.82, 2.24) is 4.98 Å². The van der Waals surface area contributed by atoms with Crippen LogP contribution in [0.5, 0.6) is 0 Å². The van der Waals surface area contributed by atoms with E-state index in [0.717, 1.165) is 6.42 Å². The van der Waals surface area contributed by atoms with Crippen molar-refractivity contribution >= 4 is 22.4 Å². The third-order valence-corrected chi connectivity index (χ3v) is 3.21. The summed E-state index contributed by atoms with van der Waals surface area (Å²) < 4.78 is 0. The molecule has 0 saturated heterocycles. The van der Waals surface area contributed by atoms with Crippen LogP contribution in [0.2, 0.25) is 0 Å². The van der Waals surface area contributed by atoms with Crippen LogP contribution in [0, 0.1) is 0 Å². The van der Waals surface area contributed by atoms with Crippen molar-refractivity contribution in [2.75, 3.05) is 5.32 Å². The molecule has 0 spiro atoms. The highest BCUT2D eigenvalue weighted by Crippen LogP contribution is 2.24. The fraction of sp³-hybridized carbons (Fsp3) is 0.600. The summed E-state index contributed by atoms with van der Waals surface area (Å²) >= 11 is 1.37. The van der Waals surface area contributed by atoms with Crippen molar-refractivity contribution in [3.05, 3.63) is 11.1 Å². The molecular formula is C10H17N3O2S. The van der Waals surface area contributed by atoms with Gasteiger partial charge in [-0.25, -0.2) is 4.98 Å². The molecular weight excluding hydrogens is 226 g/mol. The number of carboxylic acid groups (broad SMARTS) is 1. The van der Waals surface area contributed by atoms with Gasteiger partial charge in [-0.05, 0) is 20.3 Å². The zero-order valence-corrected chi connectivity index (χ0v) is 10.5. The first-order valence-electron chi connectivity index (χ1n) is 5.07. The molecule has 1 atom stereocenters. The number of hydrogen-bond donors (Lipinski definition) is 3. The van der Waals surface area contributed by atoms with E-state index in [0.29, 0.717) is 10.8 Å². The predicted molar refractivity (Wildman–Crippen MR) is 64.7 cm³/mol. The van der Waals surface area contributed by atoms with Gasteiger partial charge in [0.05, 0.1) is 5.69 Å². The lowest BCUT2D eigenvalue weighted by atomic mass is 10.0. The molecule has 16 heavy (non-hydrogen) atoms. The van der Waals surface area contributed by atoms with Gasteiger partial charge in [0.2, 0.25) is 0 Å². The van der Waals surface area contributed by atoms with Gasteiger partial charge in [0.1, 0.15) is 6.04 Å². The predicted octanol–water partition coefficient (Wildman–Crippen LogP) is 1.83. The largest absolute Gasteiger partial charge is 0.480 e. The number of carbonyl (C=O) groups is 1. The van der Waals surface area contributed by atoms with Crippen LogP contribution in [0.3, 0.4) is 0 Å². The molecule has 1 aromatic rings. The summed E-state index contributed by atoms with van der Waals surface area (Å²) in [5.74, 6) is -1.06. The number of nitrogens with one attached hydrogen (secondary N) is 1. The lowest BCUT2D eigenvalue weighted by molar-refractivity contribution is -0.138. The molecule has 0 bridgehead atoms. The van der Waals surface area contributed by atoms with E-state index >= 15 is 0 Å². The molecule has 1 heterocycles. The molecule has 1 unspecified atom stereocenters. The average Bonchev–Trinajstić information content (AvgIpc) is 2.64. The number of nitrogens with zero attached hydrogens (tertiary/aromatic N) is 1. The van der Waals surface area contributed by atoms with Gasteiger partial charge >= 0.3 is 5.97 Å². The number of hydrogen-bond acceptors (Lipinski definition) is 5. The summed E-state index contributed by atoms with van der Waals surface area (Å²) in [4.78, 5) is 14.8. The second-order valence-electron chi connectivity index (χ2n) is 4.26. The molecule has 5 nitrogen and oxygen atoms in total. The molecule has 0 aliphatic heterocycles. The number of anilines is 1. The van der Waals surface area contributed by atoms with Gasteiger partial charge in [0, 0.05) is 10.9 Å². The summed E-state index contributed by atoms with van der Waals surface area (Å²) in [6, 6.07) is -1.04. The van der Waals surface area contributed by atoms with E-state index in [-0.39, 0.29) is 5.54 Å². The van der Waals surface area contributed by atoms with Crippen molar-refractivity contribution in [2.45, 2.75) is 38.8 Å². The van der Waals surface area contributed by atoms with Gasteiger partial charge in [-0.2, -0.15) is 0 Å². The average molecular weight is 243 g/mol. The zero-order valence-electron chi connectivity index (χ0n) is 9.65. The van der Waals surface area contributed by atoms with Crippen LogP contribution >= 0.6 is 11.3 Å². The highest BCUT2D eigenvalue weighted by molar-refractivity contribution is 7.13. The Morgan fingerprint density at radius 1 is 1.75 bits per heavy atom. The van der Waals surface area contributed by atoms with E-state index in [1.165, 1.54) is 11.3 Å². The van der Waals surface area contributed by atoms with Crippen LogP contribution in [0.25, 0.3) is 0 Å². The van der Waals surface area contributed by atoms with Crippen LogP contribution in [-0.2, 0) is 4.79 Å². The standard InChI is InChI=1S/C10H17N3O2S/c1-4-10(2,3)13-9-12-6(5-16-9)7(11)8(14)15/h5,7H,4,11H2,1-3H3,(H,12,13)(H,14,15). The highest BCUT2D eigenvalue weighted by Gasteiger charge is 2.20. The summed E-state index contributed by atoms with van der Waals surface area (Å²) in [7, 11) is 0. The van der Waals surface area contributed by atoms with Gasteiger partial charge in [0.25, 0.3) is 0 Å². The summed E-state index contributed by atoms with van der Waals surface area (Å²) in [5, 5.41) is 14.4. The van der Waals surface area contributed by atoms with E-state index in [2.05, 4.69) is 31.1 Å². The van der Waals surface area contributed by atoms with Crippen LogP contribution in [-0.4, -0.2) is 21.6 Å². The number of rotatable bonds is 5. The molecule has 90 valence electrons. The summed E-state index contributed by atoms with van der Waals surface area (Å²) in [5.41, 5.74) is 5.81. The maximum Gasteiger partial charge on any atom is 0.326 e. The zero-order chi connectivity index (χ0) is 12.3. The van der Waals surface area contributed by atoms with Crippen LogP contribution in [0.15, 0.2) is 5.38 Å². The SMILES string of the molecule is CCC(C)(C)Nc1nc(C(N)C(=O)O)cs1. The van der Waals surface area contributed by atoms with Crippen molar-refractivity contribution in [1.29, 1.82) is 0 Å². The van der Waals surface area contributed by atoms with Gasteiger partial charge in [0.15, 0.2) is 5.13 Å². The van der Waals surface area contributed by atoms with Crippen molar-refractivity contribution < 1.29 is 9.90 Å². The maximum absolute atomic E-state index is 10.7. The first kappa shape index (κ1) is 12.9. The molecule has 0 radical (unpaired) electrons. The normalized spacial score (nSPS) is 13.5. The Morgan fingerprint density at radius 2 is 2.38 bits per heavy atom. The quantitative estimate of drug-likeness (QED) is 0.734. The Morgan fingerprint density at radius 3 is 2.88 bits per heavy atom. The third kappa shape index (κ3) is 3.18. The lowest BCUT2D eigenvalue weighted by Crippen LogP contribution is -2.29. The topological polar surface area (TPSA) is 88.2 Å². The van der Waals surface area contributed by atoms with Crippen LogP contribution in [0.1, 0.15) is 38.9 Å². The number of carboxylic acids is 1. The Balaban J connectivity index is 2.76. The minimum absolute atomic E-state index is 0.0531. The first-order chi connectivity index (χ1) is 7.35. The Hall–Kier alpha value is -1.14. The maximum atomic E-state index is 10.7. The van der Waals surface area contributed by atoms with Gasteiger partial charge in [-0.3, -0.25) is 4.79 Å². The Labute approximate surface area is 98.7 Å². The third-order valence-electron chi connectivity index (χ3n) is 2.44. The smallest absolute Gasteiger partial charge is 0.326 e. The molecule has 0 amide bonds. The second kappa shape index (κ2) is 4.80. The van der Waals surface area contributed by atoms with Gasteiger partial charge in [-0.1, -0.05) is 6.92 Å². The molecule has 0 saturated carbocycles. The molecule has 0 aliphatic rings. The Kier molecular flexibility index (Phi) is 3.88. The molecule has 1 rings (SSSR count). The van der Waals surface area contributed by atoms with E-state index in [1.54, 1.807) is 5.38 Å². The summed E-state index contributed by atoms with van der Waals surface area (Å²) in [6.45, 7) is 6.20. The minimum Gasteiger partial charge on any atom is -0.480 e. The molecule has 0 aromatic carbocycles. The fourth-order valence-electron chi connectivity index (χ4n) is 0.991. The van der Waals surface area contributed by atoms with Gasteiger partial charge in [-0.15, -0.1) is 11.3 Å². The van der Waals surface area contributed by atoms with Crippen LogP contribution in [0.4, 0.5) is 5.13 Å². The summed E-state index contributed by atoms with van der Waals surface area (Å²) in [6.07, 6.45) is 0.951. The molecule has 0 fully saturated rings. The van der Waals surface area contributed by atoms with Crippen molar-refractivity contribution in [3.8, 4) is 0 Å². The Bertz CT molecular complexity index is 376. The molecule has 0 aliphatic carbocycles. The van der Waals surface area contributed by atoms with Crippen LogP contribution < -0.4 is 11.1 Å². The van der Waals surface area contributed by atoms with Gasteiger partial charge < -0.3 is 16.2 Å². The molecule has 1 aromatic heterocycles. The first-order valence-corrected chi connectivity index (χ1v) is 5.95. The fourth-order valence-corrected chi connectivity index (χ4v) is 1.92. The van der Waals surface area contributed by atoms with E-state index in [4.69, 9.17) is 10.8 Å². The molecule has 4 N–H and O–H groups in total. The minimum atomic E-state index is -1.06. The van der Waals surface area contributed by atoms with E-state index in [9.17, 15) is 4.79 Å². The van der Waals surface area contributed by atoms with Crippen molar-refractivity contribution in [3.63, 3.8) is 0 Å². The van der Waals surface area contributed by atoms with E-state index in [1.807, 2.05) is 0 Å². The number of nitrogens with two attached hydrogens (primary N) is 1. The number of aromatic nitrogens is 1. The molecule has 6 heteroatoms. The van der Waals surface area contributed by atoms with E-state index < -0.39 is 12.0 Å². The van der Waals surface area contributed by atoms with Crippen molar-refractivity contribution in [2.24, 2.45) is 5.73 Å². The number of aliphatic carboxylic acids is 1. The second-order valence-corrected chi connectivity index (χ2v) is 5.11. The monoisotopic (exact) mass is 243 g/mol. The lowest BCUT2D eigenvalue weighted by Gasteiger charge is -2.23. The number of thiazole rings is 1.